The average Bonchev–Trinajstić information content (AvgIpc) is 3.28. The molecule has 148 valence electrons. The van der Waals surface area contributed by atoms with Crippen molar-refractivity contribution >= 4 is 38.3 Å². The molecule has 0 unspecified atom stereocenters. The third kappa shape index (κ3) is 2.79. The van der Waals surface area contributed by atoms with E-state index in [0.717, 1.165) is 21.9 Å². The van der Waals surface area contributed by atoms with Gasteiger partial charge < -0.3 is 10.2 Å². The quantitative estimate of drug-likeness (QED) is 0.447. The number of thiazole rings is 1. The van der Waals surface area contributed by atoms with E-state index in [1.807, 2.05) is 17.0 Å². The van der Waals surface area contributed by atoms with Crippen molar-refractivity contribution in [3.8, 4) is 11.1 Å². The second-order valence-electron chi connectivity index (χ2n) is 7.88. The molecule has 0 saturated carbocycles. The molecule has 0 spiro atoms. The van der Waals surface area contributed by atoms with Crippen LogP contribution >= 0.6 is 11.3 Å². The first kappa shape index (κ1) is 17.6. The second kappa shape index (κ2) is 6.64. The summed E-state index contributed by atoms with van der Waals surface area (Å²) in [5, 5.41) is 3.84. The number of nitrogens with zero attached hydrogens (tertiary/aromatic N) is 2. The summed E-state index contributed by atoms with van der Waals surface area (Å²) in [6, 6.07) is 19.6. The largest absolute Gasteiger partial charge is 0.346 e. The van der Waals surface area contributed by atoms with Gasteiger partial charge in [-0.3, -0.25) is 4.79 Å². The van der Waals surface area contributed by atoms with Crippen molar-refractivity contribution < 1.29 is 9.18 Å². The zero-order chi connectivity index (χ0) is 20.2. The molecule has 2 heterocycles. The van der Waals surface area contributed by atoms with Gasteiger partial charge in [-0.25, -0.2) is 9.37 Å². The molecule has 30 heavy (non-hydrogen) atoms. The van der Waals surface area contributed by atoms with Crippen molar-refractivity contribution in [3.05, 3.63) is 77.6 Å². The number of nitrogens with one attached hydrogen (secondary N) is 1. The molecule has 1 fully saturated rings. The Morgan fingerprint density at radius 3 is 2.73 bits per heavy atom. The molecule has 0 bridgehead atoms. The van der Waals surface area contributed by atoms with Crippen LogP contribution in [0.25, 0.3) is 21.3 Å². The summed E-state index contributed by atoms with van der Waals surface area (Å²) in [4.78, 5) is 19.1. The van der Waals surface area contributed by atoms with Crippen molar-refractivity contribution in [2.24, 2.45) is 5.92 Å². The number of rotatable bonds is 3. The van der Waals surface area contributed by atoms with E-state index < -0.39 is 0 Å². The first-order valence-electron chi connectivity index (χ1n) is 9.98. The molecular weight excluding hydrogens is 397 g/mol. The molecule has 1 aliphatic heterocycles. The number of hydrogen-bond acceptors (Lipinski definition) is 4. The predicted octanol–water partition coefficient (Wildman–Crippen LogP) is 5.08. The first-order valence-corrected chi connectivity index (χ1v) is 10.8. The van der Waals surface area contributed by atoms with Crippen molar-refractivity contribution in [2.75, 3.05) is 23.3 Å². The van der Waals surface area contributed by atoms with Gasteiger partial charge >= 0.3 is 0 Å². The van der Waals surface area contributed by atoms with E-state index in [-0.39, 0.29) is 17.6 Å². The van der Waals surface area contributed by atoms with Crippen LogP contribution < -0.4 is 10.2 Å². The zero-order valence-corrected chi connectivity index (χ0v) is 16.9. The van der Waals surface area contributed by atoms with E-state index in [4.69, 9.17) is 0 Å². The minimum Gasteiger partial charge on any atom is -0.346 e. The van der Waals surface area contributed by atoms with Crippen molar-refractivity contribution in [1.82, 2.24) is 4.98 Å². The third-order valence-electron chi connectivity index (χ3n) is 5.94. The monoisotopic (exact) mass is 415 g/mol. The predicted molar refractivity (Wildman–Crippen MR) is 119 cm³/mol. The van der Waals surface area contributed by atoms with E-state index in [2.05, 4.69) is 46.7 Å². The Labute approximate surface area is 177 Å². The maximum Gasteiger partial charge on any atom is 0.231 e. The maximum absolute atomic E-state index is 13.9. The van der Waals surface area contributed by atoms with Crippen LogP contribution in [0.5, 0.6) is 0 Å². The van der Waals surface area contributed by atoms with Gasteiger partial charge in [0, 0.05) is 18.8 Å². The Hall–Kier alpha value is -3.25. The fraction of sp³-hybridized carbons (Fsp3) is 0.167. The fourth-order valence-electron chi connectivity index (χ4n) is 4.31. The lowest BCUT2D eigenvalue weighted by Crippen LogP contribution is -2.52. The number of amides is 1. The van der Waals surface area contributed by atoms with E-state index in [1.54, 1.807) is 6.07 Å². The summed E-state index contributed by atoms with van der Waals surface area (Å²) in [7, 11) is 0. The lowest BCUT2D eigenvalue weighted by Gasteiger charge is -2.37. The number of halogens is 1. The first-order chi connectivity index (χ1) is 14.7. The van der Waals surface area contributed by atoms with Crippen molar-refractivity contribution in [3.63, 3.8) is 0 Å². The van der Waals surface area contributed by atoms with Gasteiger partial charge in [-0.05, 0) is 52.9 Å². The van der Waals surface area contributed by atoms with Gasteiger partial charge in [0.2, 0.25) is 5.91 Å². The minimum atomic E-state index is -0.302. The van der Waals surface area contributed by atoms with E-state index in [1.165, 1.54) is 39.7 Å². The molecule has 6 heteroatoms. The van der Waals surface area contributed by atoms with Gasteiger partial charge in [0.1, 0.15) is 11.3 Å². The molecule has 1 aromatic heterocycles. The molecule has 4 aromatic rings. The van der Waals surface area contributed by atoms with Crippen molar-refractivity contribution in [1.29, 1.82) is 0 Å². The van der Waals surface area contributed by atoms with Crippen LogP contribution in [0.4, 0.5) is 15.2 Å². The number of benzene rings is 3. The minimum absolute atomic E-state index is 0.0222. The Morgan fingerprint density at radius 1 is 1.03 bits per heavy atom. The maximum atomic E-state index is 13.9. The smallest absolute Gasteiger partial charge is 0.231 e. The number of carbonyl (C=O) groups is 1. The van der Waals surface area contributed by atoms with Crippen LogP contribution in [-0.2, 0) is 11.2 Å². The van der Waals surface area contributed by atoms with Crippen LogP contribution in [0.1, 0.15) is 11.1 Å². The fourth-order valence-corrected chi connectivity index (χ4v) is 5.30. The molecule has 0 radical (unpaired) electrons. The standard InChI is InChI=1S/C24H18FN3OS/c25-20-6-3-7-21-22(20)27-24(30-21)28-12-16(13-28)23(29)26-17-8-9-19-15(11-17)10-14-4-1-2-5-18(14)19/h1-9,11,16H,10,12-13H2,(H,26,29). The van der Waals surface area contributed by atoms with E-state index >= 15 is 0 Å². The summed E-state index contributed by atoms with van der Waals surface area (Å²) in [5.41, 5.74) is 6.36. The number of anilines is 2. The molecule has 1 N–H and O–H groups in total. The number of carbonyl (C=O) groups excluding carboxylic acids is 1. The van der Waals surface area contributed by atoms with Gasteiger partial charge in [0.05, 0.1) is 10.6 Å². The molecule has 1 amide bonds. The molecular formula is C24H18FN3OS. The molecule has 3 aromatic carbocycles. The number of para-hydroxylation sites is 1. The Balaban J connectivity index is 1.13. The van der Waals surface area contributed by atoms with Gasteiger partial charge in [0.25, 0.3) is 0 Å². The summed E-state index contributed by atoms with van der Waals surface area (Å²) in [6.45, 7) is 1.20. The highest BCUT2D eigenvalue weighted by Gasteiger charge is 2.34. The lowest BCUT2D eigenvalue weighted by molar-refractivity contribution is -0.120. The van der Waals surface area contributed by atoms with E-state index in [9.17, 15) is 9.18 Å². The van der Waals surface area contributed by atoms with Crippen LogP contribution in [0.15, 0.2) is 60.7 Å². The SMILES string of the molecule is O=C(Nc1ccc2c(c1)Cc1ccccc1-2)C1CN(c2nc3c(F)cccc3s2)C1. The van der Waals surface area contributed by atoms with Gasteiger partial charge in [0.15, 0.2) is 5.13 Å². The summed E-state index contributed by atoms with van der Waals surface area (Å²) in [6.07, 6.45) is 0.903. The molecule has 6 rings (SSSR count). The number of fused-ring (bicyclic) bond motifs is 4. The highest BCUT2D eigenvalue weighted by molar-refractivity contribution is 7.22. The van der Waals surface area contributed by atoms with E-state index in [0.29, 0.717) is 18.6 Å². The topological polar surface area (TPSA) is 45.2 Å². The number of aromatic nitrogens is 1. The summed E-state index contributed by atoms with van der Waals surface area (Å²) >= 11 is 1.46. The Bertz CT molecular complexity index is 1310. The van der Waals surface area contributed by atoms with Crippen LogP contribution in [0.3, 0.4) is 0 Å². The molecule has 0 atom stereocenters. The number of hydrogen-bond donors (Lipinski definition) is 1. The van der Waals surface area contributed by atoms with Crippen molar-refractivity contribution in [2.45, 2.75) is 6.42 Å². The molecule has 2 aliphatic rings. The van der Waals surface area contributed by atoms with Gasteiger partial charge in [-0.1, -0.05) is 47.7 Å². The molecule has 1 aliphatic carbocycles. The summed E-state index contributed by atoms with van der Waals surface area (Å²) in [5.74, 6) is -0.370. The third-order valence-corrected chi connectivity index (χ3v) is 7.02. The summed E-state index contributed by atoms with van der Waals surface area (Å²) < 4.78 is 14.7. The lowest BCUT2D eigenvalue weighted by atomic mass is 9.99. The zero-order valence-electron chi connectivity index (χ0n) is 16.1. The second-order valence-corrected chi connectivity index (χ2v) is 8.89. The van der Waals surface area contributed by atoms with Crippen LogP contribution in [0.2, 0.25) is 0 Å². The highest BCUT2D eigenvalue weighted by atomic mass is 32.1. The average molecular weight is 415 g/mol. The van der Waals surface area contributed by atoms with Gasteiger partial charge in [-0.2, -0.15) is 0 Å². The Kier molecular flexibility index (Phi) is 3.89. The normalized spacial score (nSPS) is 15.0. The molecule has 1 saturated heterocycles. The van der Waals surface area contributed by atoms with Crippen LogP contribution in [-0.4, -0.2) is 24.0 Å². The van der Waals surface area contributed by atoms with Crippen LogP contribution in [0, 0.1) is 11.7 Å². The molecule has 4 nitrogen and oxygen atoms in total. The Morgan fingerprint density at radius 2 is 1.87 bits per heavy atom. The highest BCUT2D eigenvalue weighted by Crippen LogP contribution is 2.38. The van der Waals surface area contributed by atoms with Gasteiger partial charge in [-0.15, -0.1) is 0 Å².